The molecule has 0 spiro atoms. The molecule has 5 nitrogen and oxygen atoms in total. The van der Waals surface area contributed by atoms with Gasteiger partial charge in [0.25, 0.3) is 0 Å². The zero-order valence-corrected chi connectivity index (χ0v) is 8.76. The van der Waals surface area contributed by atoms with Crippen molar-refractivity contribution in [1.29, 1.82) is 0 Å². The van der Waals surface area contributed by atoms with Gasteiger partial charge in [0.2, 0.25) is 5.91 Å². The maximum absolute atomic E-state index is 11.7. The second-order valence-electron chi connectivity index (χ2n) is 3.90. The van der Waals surface area contributed by atoms with Gasteiger partial charge >= 0.3 is 5.97 Å². The average Bonchev–Trinajstić information content (AvgIpc) is 2.91. The van der Waals surface area contributed by atoms with Gasteiger partial charge in [0.15, 0.2) is 0 Å². The summed E-state index contributed by atoms with van der Waals surface area (Å²) in [6, 6.07) is 3.72. The second-order valence-corrected chi connectivity index (χ2v) is 3.90. The Morgan fingerprint density at radius 2 is 2.25 bits per heavy atom. The fraction of sp³-hybridized carbons (Fsp3) is 0.455. The number of hydrogen-bond donors (Lipinski definition) is 1. The number of aliphatic carboxylic acids is 1. The lowest BCUT2D eigenvalue weighted by Crippen LogP contribution is -2.33. The van der Waals surface area contributed by atoms with Crippen LogP contribution in [0.1, 0.15) is 25.0 Å². The number of hydrogen-bond acceptors (Lipinski definition) is 3. The van der Waals surface area contributed by atoms with Crippen LogP contribution in [-0.2, 0) is 16.1 Å². The predicted octanol–water partition coefficient (Wildman–Crippen LogP) is 1.25. The van der Waals surface area contributed by atoms with E-state index in [1.54, 1.807) is 23.3 Å². The van der Waals surface area contributed by atoms with Gasteiger partial charge in [-0.1, -0.05) is 0 Å². The van der Waals surface area contributed by atoms with Crippen LogP contribution in [-0.4, -0.2) is 27.9 Å². The van der Waals surface area contributed by atoms with Crippen LogP contribution in [0.4, 0.5) is 0 Å². The van der Waals surface area contributed by atoms with Gasteiger partial charge in [0, 0.05) is 6.04 Å². The number of rotatable bonds is 5. The van der Waals surface area contributed by atoms with Crippen molar-refractivity contribution in [1.82, 2.24) is 4.90 Å². The van der Waals surface area contributed by atoms with Gasteiger partial charge in [0.1, 0.15) is 12.2 Å². The molecule has 1 aliphatic rings. The van der Waals surface area contributed by atoms with Crippen molar-refractivity contribution >= 4 is 11.9 Å². The minimum absolute atomic E-state index is 0.192. The SMILES string of the molecule is O=C(O)CC(=O)N(Cc1ccco1)C1CC1. The Balaban J connectivity index is 1.99. The molecule has 1 amide bonds. The van der Waals surface area contributed by atoms with E-state index in [0.29, 0.717) is 12.3 Å². The summed E-state index contributed by atoms with van der Waals surface area (Å²) in [5.41, 5.74) is 0. The normalized spacial score (nSPS) is 14.8. The molecule has 1 N–H and O–H groups in total. The molecular weight excluding hydrogens is 210 g/mol. The minimum atomic E-state index is -1.09. The summed E-state index contributed by atoms with van der Waals surface area (Å²) >= 11 is 0. The van der Waals surface area contributed by atoms with Crippen LogP contribution >= 0.6 is 0 Å². The molecule has 0 atom stereocenters. The van der Waals surface area contributed by atoms with Gasteiger partial charge in [-0.15, -0.1) is 0 Å². The van der Waals surface area contributed by atoms with Crippen LogP contribution < -0.4 is 0 Å². The molecule has 0 saturated heterocycles. The standard InChI is InChI=1S/C11H13NO4/c13-10(6-11(14)15)12(8-3-4-8)7-9-2-1-5-16-9/h1-2,5,8H,3-4,6-7H2,(H,14,15). The maximum atomic E-state index is 11.7. The first-order chi connectivity index (χ1) is 7.66. The van der Waals surface area contributed by atoms with E-state index in [0.717, 1.165) is 12.8 Å². The first kappa shape index (κ1) is 10.7. The van der Waals surface area contributed by atoms with Crippen molar-refractivity contribution in [3.63, 3.8) is 0 Å². The fourth-order valence-electron chi connectivity index (χ4n) is 1.61. The van der Waals surface area contributed by atoms with E-state index in [9.17, 15) is 9.59 Å². The number of amides is 1. The Labute approximate surface area is 92.7 Å². The third-order valence-corrected chi connectivity index (χ3v) is 2.52. The van der Waals surface area contributed by atoms with E-state index >= 15 is 0 Å². The van der Waals surface area contributed by atoms with Crippen molar-refractivity contribution in [2.24, 2.45) is 0 Å². The van der Waals surface area contributed by atoms with E-state index in [1.807, 2.05) is 0 Å². The summed E-state index contributed by atoms with van der Waals surface area (Å²) in [5, 5.41) is 8.59. The van der Waals surface area contributed by atoms with E-state index < -0.39 is 12.4 Å². The zero-order chi connectivity index (χ0) is 11.5. The Hall–Kier alpha value is -1.78. The number of nitrogens with zero attached hydrogens (tertiary/aromatic N) is 1. The highest BCUT2D eigenvalue weighted by Gasteiger charge is 2.33. The van der Waals surface area contributed by atoms with Crippen LogP contribution in [0.15, 0.2) is 22.8 Å². The molecule has 1 aromatic rings. The molecule has 5 heteroatoms. The van der Waals surface area contributed by atoms with Crippen LogP contribution in [0.2, 0.25) is 0 Å². The Morgan fingerprint density at radius 1 is 1.50 bits per heavy atom. The molecule has 0 aliphatic heterocycles. The molecule has 0 aromatic carbocycles. The van der Waals surface area contributed by atoms with Crippen molar-refractivity contribution in [3.05, 3.63) is 24.2 Å². The summed E-state index contributed by atoms with van der Waals surface area (Å²) in [7, 11) is 0. The first-order valence-corrected chi connectivity index (χ1v) is 5.20. The number of carbonyl (C=O) groups excluding carboxylic acids is 1. The number of carbonyl (C=O) groups is 2. The summed E-state index contributed by atoms with van der Waals surface area (Å²) in [4.78, 5) is 23.7. The molecule has 0 radical (unpaired) electrons. The fourth-order valence-corrected chi connectivity index (χ4v) is 1.61. The van der Waals surface area contributed by atoms with Gasteiger partial charge < -0.3 is 14.4 Å². The number of furan rings is 1. The van der Waals surface area contributed by atoms with E-state index in [-0.39, 0.29) is 11.9 Å². The Bertz CT molecular complexity index is 381. The van der Waals surface area contributed by atoms with E-state index in [2.05, 4.69) is 0 Å². The van der Waals surface area contributed by atoms with Gasteiger partial charge in [0.05, 0.1) is 12.8 Å². The molecule has 2 rings (SSSR count). The summed E-state index contributed by atoms with van der Waals surface area (Å²) in [6.07, 6.45) is 3.00. The lowest BCUT2D eigenvalue weighted by atomic mass is 10.3. The Morgan fingerprint density at radius 3 is 2.75 bits per heavy atom. The van der Waals surface area contributed by atoms with Crippen LogP contribution in [0, 0.1) is 0 Å². The predicted molar refractivity (Wildman–Crippen MR) is 54.5 cm³/mol. The van der Waals surface area contributed by atoms with Gasteiger partial charge in [-0.05, 0) is 25.0 Å². The largest absolute Gasteiger partial charge is 0.481 e. The van der Waals surface area contributed by atoms with Gasteiger partial charge in [-0.2, -0.15) is 0 Å². The van der Waals surface area contributed by atoms with Crippen molar-refractivity contribution in [2.45, 2.75) is 31.8 Å². The van der Waals surface area contributed by atoms with E-state index in [4.69, 9.17) is 9.52 Å². The smallest absolute Gasteiger partial charge is 0.312 e. The maximum Gasteiger partial charge on any atom is 0.312 e. The quantitative estimate of drug-likeness (QED) is 0.762. The lowest BCUT2D eigenvalue weighted by molar-refractivity contribution is -0.144. The first-order valence-electron chi connectivity index (χ1n) is 5.20. The molecule has 1 aliphatic carbocycles. The molecule has 1 fully saturated rings. The number of carboxylic acid groups (broad SMARTS) is 1. The van der Waals surface area contributed by atoms with Gasteiger partial charge in [-0.3, -0.25) is 9.59 Å². The highest BCUT2D eigenvalue weighted by Crippen LogP contribution is 2.28. The molecule has 1 saturated carbocycles. The van der Waals surface area contributed by atoms with E-state index in [1.165, 1.54) is 0 Å². The monoisotopic (exact) mass is 223 g/mol. The van der Waals surface area contributed by atoms with Crippen LogP contribution in [0.5, 0.6) is 0 Å². The summed E-state index contributed by atoms with van der Waals surface area (Å²) in [6.45, 7) is 0.365. The molecule has 1 aromatic heterocycles. The van der Waals surface area contributed by atoms with Crippen molar-refractivity contribution in [3.8, 4) is 0 Å². The Kier molecular flexibility index (Phi) is 2.94. The van der Waals surface area contributed by atoms with Crippen molar-refractivity contribution < 1.29 is 19.1 Å². The van der Waals surface area contributed by atoms with Crippen LogP contribution in [0.25, 0.3) is 0 Å². The molecule has 1 heterocycles. The summed E-state index contributed by atoms with van der Waals surface area (Å²) < 4.78 is 5.16. The molecule has 86 valence electrons. The van der Waals surface area contributed by atoms with Gasteiger partial charge in [-0.25, -0.2) is 0 Å². The minimum Gasteiger partial charge on any atom is -0.481 e. The zero-order valence-electron chi connectivity index (χ0n) is 8.76. The second kappa shape index (κ2) is 4.38. The highest BCUT2D eigenvalue weighted by atomic mass is 16.4. The average molecular weight is 223 g/mol. The van der Waals surface area contributed by atoms with Crippen LogP contribution in [0.3, 0.4) is 0 Å². The number of carboxylic acids is 1. The third kappa shape index (κ3) is 2.62. The molecular formula is C11H13NO4. The highest BCUT2D eigenvalue weighted by molar-refractivity contribution is 5.93. The summed E-state index contributed by atoms with van der Waals surface area (Å²) in [5.74, 6) is -0.743. The van der Waals surface area contributed by atoms with Crippen molar-refractivity contribution in [2.75, 3.05) is 0 Å². The molecule has 16 heavy (non-hydrogen) atoms. The molecule has 0 unspecified atom stereocenters. The topological polar surface area (TPSA) is 70.8 Å². The molecule has 0 bridgehead atoms. The third-order valence-electron chi connectivity index (χ3n) is 2.52. The lowest BCUT2D eigenvalue weighted by Gasteiger charge is -2.20.